The van der Waals surface area contributed by atoms with E-state index in [2.05, 4.69) is 0 Å². The van der Waals surface area contributed by atoms with E-state index in [1.807, 2.05) is 19.1 Å². The number of ether oxygens (including phenoxy) is 1. The average molecular weight is 222 g/mol. The summed E-state index contributed by atoms with van der Waals surface area (Å²) in [4.78, 5) is 12.2. The number of furan rings is 1. The monoisotopic (exact) mass is 222 g/mol. The molecular weight excluding hydrogens is 204 g/mol. The van der Waals surface area contributed by atoms with Crippen LogP contribution in [0.25, 0.3) is 0 Å². The summed E-state index contributed by atoms with van der Waals surface area (Å²) in [5.41, 5.74) is -0.526. The van der Waals surface area contributed by atoms with Crippen LogP contribution in [0.3, 0.4) is 0 Å². The summed E-state index contributed by atoms with van der Waals surface area (Å²) >= 11 is 0. The van der Waals surface area contributed by atoms with Crippen LogP contribution in [0.4, 0.5) is 0 Å². The first-order valence-electron chi connectivity index (χ1n) is 5.96. The normalized spacial score (nSPS) is 18.8. The Morgan fingerprint density at radius 3 is 2.81 bits per heavy atom. The quantitative estimate of drug-likeness (QED) is 0.769. The van der Waals surface area contributed by atoms with E-state index in [1.165, 1.54) is 0 Å². The third kappa shape index (κ3) is 2.19. The van der Waals surface area contributed by atoms with Gasteiger partial charge in [0.05, 0.1) is 12.7 Å². The zero-order valence-corrected chi connectivity index (χ0v) is 9.70. The SMILES string of the molecule is CCOC1(C(=O)Cc2ccco2)CCCC1. The van der Waals surface area contributed by atoms with E-state index in [4.69, 9.17) is 9.15 Å². The highest BCUT2D eigenvalue weighted by molar-refractivity contribution is 5.89. The van der Waals surface area contributed by atoms with Crippen molar-refractivity contribution in [2.45, 2.75) is 44.6 Å². The molecule has 0 bridgehead atoms. The van der Waals surface area contributed by atoms with Crippen molar-refractivity contribution >= 4 is 5.78 Å². The second-order valence-corrected chi connectivity index (χ2v) is 4.31. The van der Waals surface area contributed by atoms with Gasteiger partial charge in [-0.15, -0.1) is 0 Å². The first-order valence-corrected chi connectivity index (χ1v) is 5.96. The molecule has 1 aliphatic carbocycles. The number of Topliss-reactive ketones (excluding diaryl/α,β-unsaturated/α-hetero) is 1. The van der Waals surface area contributed by atoms with Gasteiger partial charge in [-0.3, -0.25) is 4.79 Å². The molecule has 3 heteroatoms. The van der Waals surface area contributed by atoms with Gasteiger partial charge in [0, 0.05) is 6.61 Å². The van der Waals surface area contributed by atoms with Gasteiger partial charge < -0.3 is 9.15 Å². The fourth-order valence-corrected chi connectivity index (χ4v) is 2.46. The lowest BCUT2D eigenvalue weighted by atomic mass is 9.93. The Morgan fingerprint density at radius 1 is 1.50 bits per heavy atom. The second-order valence-electron chi connectivity index (χ2n) is 4.31. The third-order valence-electron chi connectivity index (χ3n) is 3.25. The molecule has 0 amide bonds. The van der Waals surface area contributed by atoms with Crippen LogP contribution in [-0.2, 0) is 16.0 Å². The molecule has 0 aliphatic heterocycles. The molecule has 1 aliphatic rings. The molecule has 1 saturated carbocycles. The van der Waals surface area contributed by atoms with Crippen molar-refractivity contribution in [3.8, 4) is 0 Å². The van der Waals surface area contributed by atoms with Gasteiger partial charge in [0.15, 0.2) is 5.78 Å². The molecule has 1 fully saturated rings. The first kappa shape index (κ1) is 11.4. The van der Waals surface area contributed by atoms with Gasteiger partial charge in [-0.1, -0.05) is 0 Å². The van der Waals surface area contributed by atoms with E-state index in [0.717, 1.165) is 31.4 Å². The van der Waals surface area contributed by atoms with Crippen molar-refractivity contribution in [3.05, 3.63) is 24.2 Å². The molecule has 0 saturated heterocycles. The molecule has 0 atom stereocenters. The van der Waals surface area contributed by atoms with Crippen molar-refractivity contribution in [1.29, 1.82) is 0 Å². The molecule has 0 aromatic carbocycles. The Labute approximate surface area is 95.8 Å². The number of carbonyl (C=O) groups is 1. The summed E-state index contributed by atoms with van der Waals surface area (Å²) in [5.74, 6) is 0.901. The minimum Gasteiger partial charge on any atom is -0.469 e. The zero-order valence-electron chi connectivity index (χ0n) is 9.70. The molecule has 88 valence electrons. The summed E-state index contributed by atoms with van der Waals surface area (Å²) in [6.07, 6.45) is 5.85. The Hall–Kier alpha value is -1.09. The van der Waals surface area contributed by atoms with Crippen LogP contribution in [0, 0.1) is 0 Å². The summed E-state index contributed by atoms with van der Waals surface area (Å²) in [6.45, 7) is 2.55. The van der Waals surface area contributed by atoms with Gasteiger partial charge in [0.25, 0.3) is 0 Å². The number of rotatable bonds is 5. The predicted octanol–water partition coefficient (Wildman–Crippen LogP) is 2.74. The van der Waals surface area contributed by atoms with Gasteiger partial charge in [-0.25, -0.2) is 0 Å². The van der Waals surface area contributed by atoms with Crippen LogP contribution >= 0.6 is 0 Å². The summed E-state index contributed by atoms with van der Waals surface area (Å²) in [7, 11) is 0. The van der Waals surface area contributed by atoms with Crippen LogP contribution < -0.4 is 0 Å². The fraction of sp³-hybridized carbons (Fsp3) is 0.615. The molecule has 1 aromatic rings. The van der Waals surface area contributed by atoms with Crippen LogP contribution in [0.15, 0.2) is 22.8 Å². The highest BCUT2D eigenvalue weighted by atomic mass is 16.5. The van der Waals surface area contributed by atoms with Crippen LogP contribution in [0.5, 0.6) is 0 Å². The largest absolute Gasteiger partial charge is 0.469 e. The van der Waals surface area contributed by atoms with Crippen LogP contribution in [-0.4, -0.2) is 18.0 Å². The maximum Gasteiger partial charge on any atom is 0.172 e. The lowest BCUT2D eigenvalue weighted by Gasteiger charge is -2.26. The van der Waals surface area contributed by atoms with Gasteiger partial charge in [-0.05, 0) is 44.7 Å². The predicted molar refractivity (Wildman–Crippen MR) is 60.2 cm³/mol. The molecule has 2 rings (SSSR count). The summed E-state index contributed by atoms with van der Waals surface area (Å²) < 4.78 is 10.9. The zero-order chi connectivity index (χ0) is 11.4. The molecule has 0 radical (unpaired) electrons. The highest BCUT2D eigenvalue weighted by Gasteiger charge is 2.41. The Bertz CT molecular complexity index is 334. The molecular formula is C13H18O3. The summed E-state index contributed by atoms with van der Waals surface area (Å²) in [6, 6.07) is 3.65. The smallest absolute Gasteiger partial charge is 0.172 e. The van der Waals surface area contributed by atoms with Gasteiger partial charge in [0.1, 0.15) is 11.4 Å². The maximum absolute atomic E-state index is 12.2. The van der Waals surface area contributed by atoms with Crippen molar-refractivity contribution in [3.63, 3.8) is 0 Å². The van der Waals surface area contributed by atoms with Crippen molar-refractivity contribution < 1.29 is 13.9 Å². The highest BCUT2D eigenvalue weighted by Crippen LogP contribution is 2.34. The van der Waals surface area contributed by atoms with Gasteiger partial charge in [0.2, 0.25) is 0 Å². The maximum atomic E-state index is 12.2. The number of ketones is 1. The lowest BCUT2D eigenvalue weighted by Crippen LogP contribution is -2.39. The molecule has 16 heavy (non-hydrogen) atoms. The van der Waals surface area contributed by atoms with E-state index >= 15 is 0 Å². The number of hydrogen-bond donors (Lipinski definition) is 0. The van der Waals surface area contributed by atoms with Gasteiger partial charge in [-0.2, -0.15) is 0 Å². The third-order valence-corrected chi connectivity index (χ3v) is 3.25. The minimum atomic E-state index is -0.526. The molecule has 3 nitrogen and oxygen atoms in total. The van der Waals surface area contributed by atoms with E-state index < -0.39 is 5.60 Å². The minimum absolute atomic E-state index is 0.168. The van der Waals surface area contributed by atoms with Crippen LogP contribution in [0.1, 0.15) is 38.4 Å². The van der Waals surface area contributed by atoms with E-state index in [9.17, 15) is 4.79 Å². The standard InChI is InChI=1S/C13H18O3/c1-2-16-13(7-3-4-8-13)12(14)10-11-6-5-9-15-11/h5-6,9H,2-4,7-8,10H2,1H3. The Morgan fingerprint density at radius 2 is 2.25 bits per heavy atom. The Balaban J connectivity index is 2.05. The molecule has 0 spiro atoms. The van der Waals surface area contributed by atoms with Crippen molar-refractivity contribution in [2.24, 2.45) is 0 Å². The van der Waals surface area contributed by atoms with Crippen molar-refractivity contribution in [1.82, 2.24) is 0 Å². The van der Waals surface area contributed by atoms with Gasteiger partial charge >= 0.3 is 0 Å². The molecule has 1 heterocycles. The second kappa shape index (κ2) is 4.83. The molecule has 1 aromatic heterocycles. The summed E-state index contributed by atoms with van der Waals surface area (Å²) in [5, 5.41) is 0. The number of carbonyl (C=O) groups excluding carboxylic acids is 1. The molecule has 0 unspecified atom stereocenters. The lowest BCUT2D eigenvalue weighted by molar-refractivity contribution is -0.143. The van der Waals surface area contributed by atoms with Crippen molar-refractivity contribution in [2.75, 3.05) is 6.61 Å². The van der Waals surface area contributed by atoms with E-state index in [1.54, 1.807) is 6.26 Å². The fourth-order valence-electron chi connectivity index (χ4n) is 2.46. The Kier molecular flexibility index (Phi) is 3.44. The molecule has 0 N–H and O–H groups in total. The number of hydrogen-bond acceptors (Lipinski definition) is 3. The first-order chi connectivity index (χ1) is 7.77. The average Bonchev–Trinajstić information content (AvgIpc) is 2.89. The van der Waals surface area contributed by atoms with E-state index in [0.29, 0.717) is 13.0 Å². The topological polar surface area (TPSA) is 39.4 Å². The van der Waals surface area contributed by atoms with Crippen LogP contribution in [0.2, 0.25) is 0 Å². The van der Waals surface area contributed by atoms with E-state index in [-0.39, 0.29) is 5.78 Å².